The lowest BCUT2D eigenvalue weighted by molar-refractivity contribution is -0.140. The van der Waals surface area contributed by atoms with Gasteiger partial charge in [-0.3, -0.25) is 0 Å². The lowest BCUT2D eigenvalue weighted by Crippen LogP contribution is -2.10. The first-order chi connectivity index (χ1) is 9.68. The van der Waals surface area contributed by atoms with Crippen molar-refractivity contribution in [2.24, 2.45) is 0 Å². The second kappa shape index (κ2) is 5.83. The summed E-state index contributed by atoms with van der Waals surface area (Å²) in [5.41, 5.74) is -1.33. The van der Waals surface area contributed by atoms with Gasteiger partial charge in [0, 0.05) is 10.0 Å². The molecule has 0 aromatic heterocycles. The van der Waals surface area contributed by atoms with Crippen LogP contribution in [0.4, 0.5) is 17.6 Å². The first-order valence-corrected chi connectivity index (χ1v) is 6.45. The van der Waals surface area contributed by atoms with E-state index < -0.39 is 23.7 Å². The topological polar surface area (TPSA) is 20.2 Å². The molecule has 0 amide bonds. The van der Waals surface area contributed by atoms with Crippen LogP contribution in [0.25, 0.3) is 0 Å². The van der Waals surface area contributed by atoms with Crippen molar-refractivity contribution in [3.8, 4) is 0 Å². The molecular formula is C14H8Cl2F4O. The zero-order chi connectivity index (χ0) is 15.8. The van der Waals surface area contributed by atoms with Crippen LogP contribution in [0, 0.1) is 5.82 Å². The monoisotopic (exact) mass is 338 g/mol. The molecule has 0 bridgehead atoms. The Morgan fingerprint density at radius 1 is 0.905 bits per heavy atom. The number of benzene rings is 2. The van der Waals surface area contributed by atoms with Crippen LogP contribution in [-0.4, -0.2) is 5.11 Å². The minimum Gasteiger partial charge on any atom is -0.384 e. The van der Waals surface area contributed by atoms with Gasteiger partial charge in [-0.2, -0.15) is 13.2 Å². The standard InChI is InChI=1S/C14H8Cl2F4O/c15-9-3-8(4-10(16)6-9)13(21)7-1-2-12(17)11(5-7)14(18,19)20/h1-6,13,21H. The summed E-state index contributed by atoms with van der Waals surface area (Å²) < 4.78 is 51.2. The number of halogens is 6. The maximum absolute atomic E-state index is 13.2. The van der Waals surface area contributed by atoms with E-state index in [1.54, 1.807) is 0 Å². The van der Waals surface area contributed by atoms with Crippen molar-refractivity contribution in [3.63, 3.8) is 0 Å². The van der Waals surface area contributed by atoms with Crippen molar-refractivity contribution in [1.29, 1.82) is 0 Å². The Morgan fingerprint density at radius 3 is 2.00 bits per heavy atom. The molecule has 0 aliphatic carbocycles. The Kier molecular flexibility index (Phi) is 4.46. The van der Waals surface area contributed by atoms with Gasteiger partial charge in [0.15, 0.2) is 0 Å². The molecule has 0 fully saturated rings. The predicted octanol–water partition coefficient (Wildman–Crippen LogP) is 5.23. The second-order valence-corrected chi connectivity index (χ2v) is 5.22. The predicted molar refractivity (Wildman–Crippen MR) is 71.9 cm³/mol. The van der Waals surface area contributed by atoms with E-state index >= 15 is 0 Å². The van der Waals surface area contributed by atoms with E-state index in [1.165, 1.54) is 18.2 Å². The van der Waals surface area contributed by atoms with Crippen molar-refractivity contribution in [2.75, 3.05) is 0 Å². The van der Waals surface area contributed by atoms with Crippen LogP contribution in [-0.2, 0) is 6.18 Å². The van der Waals surface area contributed by atoms with Gasteiger partial charge in [0.1, 0.15) is 11.9 Å². The summed E-state index contributed by atoms with van der Waals surface area (Å²) in [6.45, 7) is 0. The average Bonchev–Trinajstić information content (AvgIpc) is 2.36. The van der Waals surface area contributed by atoms with Crippen molar-refractivity contribution >= 4 is 23.2 Å². The van der Waals surface area contributed by atoms with Crippen molar-refractivity contribution in [1.82, 2.24) is 0 Å². The maximum atomic E-state index is 13.2. The highest BCUT2D eigenvalue weighted by molar-refractivity contribution is 6.34. The van der Waals surface area contributed by atoms with Gasteiger partial charge in [-0.15, -0.1) is 0 Å². The molecule has 0 radical (unpaired) electrons. The lowest BCUT2D eigenvalue weighted by Gasteiger charge is -2.15. The summed E-state index contributed by atoms with van der Waals surface area (Å²) in [5, 5.41) is 10.6. The second-order valence-electron chi connectivity index (χ2n) is 4.34. The Hall–Kier alpha value is -1.30. The number of aliphatic hydroxyl groups excluding tert-OH is 1. The van der Waals surface area contributed by atoms with E-state index in [0.717, 1.165) is 6.07 Å². The Bertz CT molecular complexity index is 650. The third-order valence-corrected chi connectivity index (χ3v) is 3.25. The van der Waals surface area contributed by atoms with Gasteiger partial charge in [0.05, 0.1) is 5.56 Å². The first-order valence-electron chi connectivity index (χ1n) is 5.69. The molecule has 0 spiro atoms. The smallest absolute Gasteiger partial charge is 0.384 e. The summed E-state index contributed by atoms with van der Waals surface area (Å²) in [6, 6.07) is 6.46. The summed E-state index contributed by atoms with van der Waals surface area (Å²) >= 11 is 11.6. The fourth-order valence-corrected chi connectivity index (χ4v) is 2.40. The van der Waals surface area contributed by atoms with E-state index in [9.17, 15) is 22.7 Å². The fraction of sp³-hybridized carbons (Fsp3) is 0.143. The first kappa shape index (κ1) is 16.1. The average molecular weight is 339 g/mol. The number of rotatable bonds is 2. The van der Waals surface area contributed by atoms with Crippen molar-refractivity contribution in [3.05, 3.63) is 69.0 Å². The van der Waals surface area contributed by atoms with Crippen LogP contribution in [0.5, 0.6) is 0 Å². The normalized spacial score (nSPS) is 13.3. The Balaban J connectivity index is 2.46. The van der Waals surface area contributed by atoms with Crippen LogP contribution in [0.3, 0.4) is 0 Å². The number of hydrogen-bond donors (Lipinski definition) is 1. The molecule has 2 rings (SSSR count). The highest BCUT2D eigenvalue weighted by Crippen LogP contribution is 2.35. The van der Waals surface area contributed by atoms with Gasteiger partial charge in [-0.25, -0.2) is 4.39 Å². The molecule has 0 heterocycles. The Labute approximate surface area is 127 Å². The zero-order valence-electron chi connectivity index (χ0n) is 10.3. The lowest BCUT2D eigenvalue weighted by atomic mass is 9.99. The van der Waals surface area contributed by atoms with Crippen molar-refractivity contribution in [2.45, 2.75) is 12.3 Å². The van der Waals surface area contributed by atoms with E-state index in [2.05, 4.69) is 0 Å². The van der Waals surface area contributed by atoms with E-state index in [1.807, 2.05) is 0 Å². The molecule has 1 nitrogen and oxygen atoms in total. The maximum Gasteiger partial charge on any atom is 0.419 e. The van der Waals surface area contributed by atoms with E-state index in [-0.39, 0.29) is 21.2 Å². The zero-order valence-corrected chi connectivity index (χ0v) is 11.8. The Morgan fingerprint density at radius 2 is 1.48 bits per heavy atom. The highest BCUT2D eigenvalue weighted by Gasteiger charge is 2.34. The van der Waals surface area contributed by atoms with Crippen LogP contribution in [0.15, 0.2) is 36.4 Å². The minimum absolute atomic E-state index is 0.109. The van der Waals surface area contributed by atoms with Gasteiger partial charge >= 0.3 is 6.18 Å². The molecule has 0 aliphatic rings. The molecule has 1 N–H and O–H groups in total. The summed E-state index contributed by atoms with van der Waals surface area (Å²) in [5.74, 6) is -1.40. The molecule has 21 heavy (non-hydrogen) atoms. The molecular weight excluding hydrogens is 331 g/mol. The summed E-state index contributed by atoms with van der Waals surface area (Å²) in [7, 11) is 0. The highest BCUT2D eigenvalue weighted by atomic mass is 35.5. The van der Waals surface area contributed by atoms with Crippen LogP contribution >= 0.6 is 23.2 Å². The molecule has 1 unspecified atom stereocenters. The molecule has 0 saturated heterocycles. The van der Waals surface area contributed by atoms with Gasteiger partial charge in [0.2, 0.25) is 0 Å². The molecule has 0 saturated carbocycles. The third kappa shape index (κ3) is 3.67. The van der Waals surface area contributed by atoms with Crippen LogP contribution < -0.4 is 0 Å². The summed E-state index contributed by atoms with van der Waals surface area (Å²) in [4.78, 5) is 0. The number of aliphatic hydroxyl groups is 1. The number of alkyl halides is 3. The molecule has 2 aromatic rings. The SMILES string of the molecule is OC(c1cc(Cl)cc(Cl)c1)c1ccc(F)c(C(F)(F)F)c1. The fourth-order valence-electron chi connectivity index (χ4n) is 1.86. The largest absolute Gasteiger partial charge is 0.419 e. The minimum atomic E-state index is -4.84. The third-order valence-electron chi connectivity index (χ3n) is 2.81. The van der Waals surface area contributed by atoms with Crippen LogP contribution in [0.2, 0.25) is 10.0 Å². The molecule has 0 aliphatic heterocycles. The van der Waals surface area contributed by atoms with Gasteiger partial charge in [0.25, 0.3) is 0 Å². The molecule has 7 heteroatoms. The molecule has 1 atom stereocenters. The van der Waals surface area contributed by atoms with Crippen LogP contribution in [0.1, 0.15) is 22.8 Å². The summed E-state index contributed by atoms with van der Waals surface area (Å²) in [6.07, 6.45) is -6.24. The van der Waals surface area contributed by atoms with Gasteiger partial charge in [-0.05, 0) is 41.5 Å². The molecule has 112 valence electrons. The number of hydrogen-bond acceptors (Lipinski definition) is 1. The van der Waals surface area contributed by atoms with Gasteiger partial charge in [-0.1, -0.05) is 29.3 Å². The van der Waals surface area contributed by atoms with Crippen molar-refractivity contribution < 1.29 is 22.7 Å². The molecule has 2 aromatic carbocycles. The van der Waals surface area contributed by atoms with E-state index in [0.29, 0.717) is 12.1 Å². The quantitative estimate of drug-likeness (QED) is 0.743. The van der Waals surface area contributed by atoms with E-state index in [4.69, 9.17) is 23.2 Å². The van der Waals surface area contributed by atoms with Gasteiger partial charge < -0.3 is 5.11 Å².